The van der Waals surface area contributed by atoms with Crippen molar-refractivity contribution in [2.75, 3.05) is 25.2 Å². The summed E-state index contributed by atoms with van der Waals surface area (Å²) in [7, 11) is 1.54. The molecule has 3 rings (SSSR count). The van der Waals surface area contributed by atoms with E-state index in [1.54, 1.807) is 4.90 Å². The zero-order valence-corrected chi connectivity index (χ0v) is 14.5. The van der Waals surface area contributed by atoms with Crippen LogP contribution in [0.15, 0.2) is 24.3 Å². The first kappa shape index (κ1) is 19.0. The molecule has 1 saturated carbocycles. The number of amides is 1. The van der Waals surface area contributed by atoms with Gasteiger partial charge in [-0.25, -0.2) is 0 Å². The minimum Gasteiger partial charge on any atom is -0.406 e. The Balaban J connectivity index is 1.68. The average molecular weight is 373 g/mol. The van der Waals surface area contributed by atoms with Crippen molar-refractivity contribution in [3.63, 3.8) is 0 Å². The van der Waals surface area contributed by atoms with Gasteiger partial charge in [0.2, 0.25) is 5.91 Å². The van der Waals surface area contributed by atoms with E-state index >= 15 is 0 Å². The van der Waals surface area contributed by atoms with Crippen LogP contribution < -0.4 is 9.64 Å². The second-order valence-electron chi connectivity index (χ2n) is 7.19. The molecule has 0 aromatic heterocycles. The highest BCUT2D eigenvalue weighted by Crippen LogP contribution is 2.48. The SMILES string of the molecule is COCC1(O)CCC2(CCN(c3ccc(OC(F)(F)F)cc3)C2=O)CC1. The van der Waals surface area contributed by atoms with Gasteiger partial charge < -0.3 is 19.5 Å². The van der Waals surface area contributed by atoms with Crippen molar-refractivity contribution in [1.29, 1.82) is 0 Å². The number of anilines is 1. The lowest BCUT2D eigenvalue weighted by Gasteiger charge is -2.40. The van der Waals surface area contributed by atoms with E-state index in [0.717, 1.165) is 0 Å². The van der Waals surface area contributed by atoms with E-state index < -0.39 is 17.4 Å². The highest BCUT2D eigenvalue weighted by molar-refractivity contribution is 6.00. The van der Waals surface area contributed by atoms with Gasteiger partial charge in [0.15, 0.2) is 0 Å². The van der Waals surface area contributed by atoms with Gasteiger partial charge in [-0.2, -0.15) is 0 Å². The maximum Gasteiger partial charge on any atom is 0.573 e. The third-order valence-corrected chi connectivity index (χ3v) is 5.45. The molecule has 144 valence electrons. The molecule has 0 atom stereocenters. The fraction of sp³-hybridized carbons (Fsp3) is 0.611. The van der Waals surface area contributed by atoms with E-state index in [9.17, 15) is 23.1 Å². The summed E-state index contributed by atoms with van der Waals surface area (Å²) < 4.78 is 45.7. The molecular formula is C18H22F3NO4. The summed E-state index contributed by atoms with van der Waals surface area (Å²) in [4.78, 5) is 14.6. The molecule has 1 saturated heterocycles. The van der Waals surface area contributed by atoms with Crippen LogP contribution in [0.25, 0.3) is 0 Å². The van der Waals surface area contributed by atoms with E-state index in [0.29, 0.717) is 44.3 Å². The second kappa shape index (κ2) is 6.74. The number of methoxy groups -OCH3 is 1. The van der Waals surface area contributed by atoms with Crippen molar-refractivity contribution in [1.82, 2.24) is 0 Å². The molecule has 1 aliphatic carbocycles. The zero-order chi connectivity index (χ0) is 19.0. The molecule has 0 radical (unpaired) electrons. The van der Waals surface area contributed by atoms with Crippen LogP contribution in [0.4, 0.5) is 18.9 Å². The van der Waals surface area contributed by atoms with Gasteiger partial charge >= 0.3 is 6.36 Å². The van der Waals surface area contributed by atoms with Crippen LogP contribution in [-0.2, 0) is 9.53 Å². The van der Waals surface area contributed by atoms with Crippen molar-refractivity contribution in [2.45, 2.75) is 44.1 Å². The monoisotopic (exact) mass is 373 g/mol. The molecule has 1 aromatic carbocycles. The van der Waals surface area contributed by atoms with E-state index in [1.165, 1.54) is 31.4 Å². The standard InChI is InChI=1S/C18H22F3NO4/c1-25-12-17(24)8-6-16(7-9-17)10-11-22(15(16)23)13-2-4-14(5-3-13)26-18(19,20)21/h2-5,24H,6-12H2,1H3. The smallest absolute Gasteiger partial charge is 0.406 e. The number of hydrogen-bond donors (Lipinski definition) is 1. The quantitative estimate of drug-likeness (QED) is 0.880. The number of nitrogens with zero attached hydrogens (tertiary/aromatic N) is 1. The molecule has 1 aromatic rings. The van der Waals surface area contributed by atoms with Crippen LogP contribution in [0, 0.1) is 5.41 Å². The molecule has 1 amide bonds. The lowest BCUT2D eigenvalue weighted by atomic mass is 9.68. The Morgan fingerprint density at radius 3 is 2.27 bits per heavy atom. The van der Waals surface area contributed by atoms with Gasteiger partial charge in [0, 0.05) is 19.3 Å². The summed E-state index contributed by atoms with van der Waals surface area (Å²) >= 11 is 0. The molecule has 2 fully saturated rings. The Kier molecular flexibility index (Phi) is 4.92. The van der Waals surface area contributed by atoms with Crippen molar-refractivity contribution < 1.29 is 32.5 Å². The minimum absolute atomic E-state index is 0.0264. The molecule has 2 aliphatic rings. The third-order valence-electron chi connectivity index (χ3n) is 5.45. The normalized spacial score (nSPS) is 29.4. The maximum atomic E-state index is 13.0. The first-order valence-corrected chi connectivity index (χ1v) is 8.56. The summed E-state index contributed by atoms with van der Waals surface area (Å²) in [5.41, 5.74) is -0.829. The minimum atomic E-state index is -4.74. The summed E-state index contributed by atoms with van der Waals surface area (Å²) in [6, 6.07) is 5.34. The molecular weight excluding hydrogens is 351 g/mol. The first-order valence-electron chi connectivity index (χ1n) is 8.56. The Hall–Kier alpha value is -1.80. The molecule has 5 nitrogen and oxygen atoms in total. The third kappa shape index (κ3) is 3.81. The van der Waals surface area contributed by atoms with Crippen LogP contribution in [-0.4, -0.2) is 43.2 Å². The lowest BCUT2D eigenvalue weighted by Crippen LogP contribution is -2.45. The van der Waals surface area contributed by atoms with Gasteiger partial charge in [-0.1, -0.05) is 0 Å². The average Bonchev–Trinajstić information content (AvgIpc) is 2.88. The highest BCUT2D eigenvalue weighted by Gasteiger charge is 2.51. The number of carbonyl (C=O) groups is 1. The fourth-order valence-corrected chi connectivity index (χ4v) is 3.97. The van der Waals surface area contributed by atoms with Gasteiger partial charge in [0.25, 0.3) is 0 Å². The summed E-state index contributed by atoms with van der Waals surface area (Å²) in [5, 5.41) is 10.5. The Morgan fingerprint density at radius 1 is 1.12 bits per heavy atom. The number of hydrogen-bond acceptors (Lipinski definition) is 4. The van der Waals surface area contributed by atoms with Gasteiger partial charge in [-0.05, 0) is 56.4 Å². The van der Waals surface area contributed by atoms with Crippen LogP contribution in [0.3, 0.4) is 0 Å². The number of halogens is 3. The molecule has 0 bridgehead atoms. The van der Waals surface area contributed by atoms with Gasteiger partial charge in [0.1, 0.15) is 5.75 Å². The predicted octanol–water partition coefficient (Wildman–Crippen LogP) is 3.26. The Labute approximate surface area is 149 Å². The number of aliphatic hydroxyl groups is 1. The molecule has 1 N–H and O–H groups in total. The molecule has 26 heavy (non-hydrogen) atoms. The summed E-state index contributed by atoms with van der Waals surface area (Å²) in [6.07, 6.45) is -1.90. The number of rotatable bonds is 4. The fourth-order valence-electron chi connectivity index (χ4n) is 3.97. The second-order valence-corrected chi connectivity index (χ2v) is 7.19. The van der Waals surface area contributed by atoms with E-state index in [4.69, 9.17) is 4.74 Å². The Bertz CT molecular complexity index is 651. The van der Waals surface area contributed by atoms with Gasteiger partial charge in [-0.15, -0.1) is 13.2 Å². The number of ether oxygens (including phenoxy) is 2. The molecule has 8 heteroatoms. The van der Waals surface area contributed by atoms with Crippen molar-refractivity contribution in [2.24, 2.45) is 5.41 Å². The van der Waals surface area contributed by atoms with Crippen LogP contribution in [0.1, 0.15) is 32.1 Å². The molecule has 1 spiro atoms. The summed E-state index contributed by atoms with van der Waals surface area (Å²) in [6.45, 7) is 0.767. The topological polar surface area (TPSA) is 59.0 Å². The predicted molar refractivity (Wildman–Crippen MR) is 87.8 cm³/mol. The van der Waals surface area contributed by atoms with Crippen molar-refractivity contribution in [3.8, 4) is 5.75 Å². The molecule has 0 unspecified atom stereocenters. The van der Waals surface area contributed by atoms with Crippen molar-refractivity contribution >= 4 is 11.6 Å². The highest BCUT2D eigenvalue weighted by atomic mass is 19.4. The first-order chi connectivity index (χ1) is 12.2. The van der Waals surface area contributed by atoms with E-state index in [1.807, 2.05) is 0 Å². The molecule has 1 aliphatic heterocycles. The van der Waals surface area contributed by atoms with Gasteiger partial charge in [0.05, 0.1) is 17.6 Å². The van der Waals surface area contributed by atoms with Crippen LogP contribution in [0.2, 0.25) is 0 Å². The number of benzene rings is 1. The zero-order valence-electron chi connectivity index (χ0n) is 14.5. The lowest BCUT2D eigenvalue weighted by molar-refractivity contribution is -0.274. The largest absolute Gasteiger partial charge is 0.573 e. The van der Waals surface area contributed by atoms with Gasteiger partial charge in [-0.3, -0.25) is 4.79 Å². The van der Waals surface area contributed by atoms with E-state index in [2.05, 4.69) is 4.74 Å². The van der Waals surface area contributed by atoms with E-state index in [-0.39, 0.29) is 18.3 Å². The van der Waals surface area contributed by atoms with Crippen LogP contribution >= 0.6 is 0 Å². The van der Waals surface area contributed by atoms with Crippen molar-refractivity contribution in [3.05, 3.63) is 24.3 Å². The Morgan fingerprint density at radius 2 is 1.73 bits per heavy atom. The maximum absolute atomic E-state index is 13.0. The number of carbonyl (C=O) groups excluding carboxylic acids is 1. The molecule has 1 heterocycles. The summed E-state index contributed by atoms with van der Waals surface area (Å²) in [5.74, 6) is -0.341. The van der Waals surface area contributed by atoms with Crippen LogP contribution in [0.5, 0.6) is 5.75 Å². The number of alkyl halides is 3.